The van der Waals surface area contributed by atoms with Gasteiger partial charge in [-0.05, 0) is 24.1 Å². The summed E-state index contributed by atoms with van der Waals surface area (Å²) in [6.07, 6.45) is 6.23. The number of aryl methyl sites for hydroxylation is 1. The smallest absolute Gasteiger partial charge is 0.316 e. The Bertz CT molecular complexity index is 621. The van der Waals surface area contributed by atoms with Crippen LogP contribution in [-0.4, -0.2) is 23.0 Å². The first-order valence-corrected chi connectivity index (χ1v) is 6.10. The van der Waals surface area contributed by atoms with Crippen LogP contribution in [0.3, 0.4) is 0 Å². The minimum Gasteiger partial charge on any atom is -0.467 e. The van der Waals surface area contributed by atoms with E-state index in [-0.39, 0.29) is 11.9 Å². The van der Waals surface area contributed by atoms with Crippen molar-refractivity contribution in [1.82, 2.24) is 9.97 Å². The van der Waals surface area contributed by atoms with Gasteiger partial charge in [0.05, 0.1) is 25.2 Å². The topological polar surface area (TPSA) is 64.1 Å². The van der Waals surface area contributed by atoms with Crippen LogP contribution >= 0.6 is 0 Å². The Morgan fingerprint density at radius 2 is 1.95 bits per heavy atom. The molecule has 102 valence electrons. The molecule has 5 nitrogen and oxygen atoms in total. The summed E-state index contributed by atoms with van der Waals surface area (Å²) in [4.78, 5) is 19.6. The van der Waals surface area contributed by atoms with Gasteiger partial charge in [-0.3, -0.25) is 4.79 Å². The third-order valence-electron chi connectivity index (χ3n) is 2.68. The lowest BCUT2D eigenvalue weighted by molar-refractivity contribution is -0.111. The molecule has 0 atom stereocenters. The molecule has 0 unspecified atom stereocenters. The second-order valence-electron chi connectivity index (χ2n) is 4.14. The number of nitrogens with one attached hydrogen (secondary N) is 1. The minimum atomic E-state index is -0.234. The number of aromatic nitrogens is 2. The van der Waals surface area contributed by atoms with E-state index in [0.29, 0.717) is 5.69 Å². The van der Waals surface area contributed by atoms with Gasteiger partial charge in [0, 0.05) is 6.08 Å². The number of carbonyl (C=O) groups is 1. The van der Waals surface area contributed by atoms with E-state index in [0.717, 1.165) is 11.1 Å². The molecule has 0 spiro atoms. The Hall–Kier alpha value is -2.69. The highest BCUT2D eigenvalue weighted by atomic mass is 16.5. The maximum Gasteiger partial charge on any atom is 0.316 e. The van der Waals surface area contributed by atoms with Crippen molar-refractivity contribution in [2.75, 3.05) is 12.4 Å². The lowest BCUT2D eigenvalue weighted by Crippen LogP contribution is -2.08. The lowest BCUT2D eigenvalue weighted by atomic mass is 10.1. The summed E-state index contributed by atoms with van der Waals surface area (Å²) in [5.74, 6) is -0.234. The van der Waals surface area contributed by atoms with E-state index in [1.165, 1.54) is 25.6 Å². The summed E-state index contributed by atoms with van der Waals surface area (Å²) >= 11 is 0. The summed E-state index contributed by atoms with van der Waals surface area (Å²) in [6, 6.07) is 8.10. The number of hydrogen-bond acceptors (Lipinski definition) is 4. The van der Waals surface area contributed by atoms with Crippen molar-refractivity contribution in [2.24, 2.45) is 0 Å². The van der Waals surface area contributed by atoms with E-state index in [2.05, 4.69) is 15.3 Å². The number of methoxy groups -OCH3 is 1. The van der Waals surface area contributed by atoms with Crippen LogP contribution in [0, 0.1) is 6.92 Å². The SMILES string of the molecule is COc1ncc(NC(=O)/C=C/c2ccccc2C)cn1. The van der Waals surface area contributed by atoms with Gasteiger partial charge < -0.3 is 10.1 Å². The number of nitrogens with zero attached hydrogens (tertiary/aromatic N) is 2. The molecule has 2 rings (SSSR count). The molecule has 5 heteroatoms. The Labute approximate surface area is 117 Å². The van der Waals surface area contributed by atoms with Gasteiger partial charge in [0.15, 0.2) is 0 Å². The molecule has 1 aromatic heterocycles. The van der Waals surface area contributed by atoms with Crippen molar-refractivity contribution in [2.45, 2.75) is 6.92 Å². The van der Waals surface area contributed by atoms with Gasteiger partial charge in [-0.1, -0.05) is 24.3 Å². The minimum absolute atomic E-state index is 0.234. The van der Waals surface area contributed by atoms with Gasteiger partial charge in [0.1, 0.15) is 0 Å². The number of rotatable bonds is 4. The molecular formula is C15H15N3O2. The number of amides is 1. The van der Waals surface area contributed by atoms with Crippen LogP contribution in [0.1, 0.15) is 11.1 Å². The fourth-order valence-electron chi connectivity index (χ4n) is 1.61. The van der Waals surface area contributed by atoms with Crippen molar-refractivity contribution in [1.29, 1.82) is 0 Å². The molecule has 0 bridgehead atoms. The molecule has 0 aliphatic carbocycles. The molecular weight excluding hydrogens is 254 g/mol. The fraction of sp³-hybridized carbons (Fsp3) is 0.133. The second kappa shape index (κ2) is 6.47. The zero-order valence-corrected chi connectivity index (χ0v) is 11.3. The zero-order valence-electron chi connectivity index (χ0n) is 11.3. The largest absolute Gasteiger partial charge is 0.467 e. The molecule has 0 saturated carbocycles. The first-order chi connectivity index (χ1) is 9.69. The van der Waals surface area contributed by atoms with Gasteiger partial charge >= 0.3 is 6.01 Å². The molecule has 0 aliphatic rings. The maximum absolute atomic E-state index is 11.8. The highest BCUT2D eigenvalue weighted by Crippen LogP contribution is 2.10. The maximum atomic E-state index is 11.8. The third kappa shape index (κ3) is 3.65. The number of anilines is 1. The average molecular weight is 269 g/mol. The Morgan fingerprint density at radius 3 is 2.60 bits per heavy atom. The van der Waals surface area contributed by atoms with E-state index >= 15 is 0 Å². The zero-order chi connectivity index (χ0) is 14.4. The summed E-state index contributed by atoms with van der Waals surface area (Å²) in [7, 11) is 1.48. The molecule has 1 N–H and O–H groups in total. The summed E-state index contributed by atoms with van der Waals surface area (Å²) in [5, 5.41) is 2.68. The molecule has 0 saturated heterocycles. The normalized spacial score (nSPS) is 10.5. The van der Waals surface area contributed by atoms with Crippen LogP contribution in [0.25, 0.3) is 6.08 Å². The summed E-state index contributed by atoms with van der Waals surface area (Å²) < 4.78 is 4.84. The van der Waals surface area contributed by atoms with Gasteiger partial charge in [-0.25, -0.2) is 9.97 Å². The molecule has 0 aliphatic heterocycles. The van der Waals surface area contributed by atoms with Gasteiger partial charge in [0.2, 0.25) is 5.91 Å². The Morgan fingerprint density at radius 1 is 1.25 bits per heavy atom. The fourth-order valence-corrected chi connectivity index (χ4v) is 1.61. The Balaban J connectivity index is 2.00. The molecule has 1 aromatic carbocycles. The van der Waals surface area contributed by atoms with Gasteiger partial charge in [-0.15, -0.1) is 0 Å². The average Bonchev–Trinajstić information content (AvgIpc) is 2.47. The number of carbonyl (C=O) groups excluding carboxylic acids is 1. The van der Waals surface area contributed by atoms with Crippen LogP contribution in [0.4, 0.5) is 5.69 Å². The predicted molar refractivity (Wildman–Crippen MR) is 77.4 cm³/mol. The van der Waals surface area contributed by atoms with Gasteiger partial charge in [-0.2, -0.15) is 0 Å². The molecule has 20 heavy (non-hydrogen) atoms. The van der Waals surface area contributed by atoms with E-state index in [4.69, 9.17) is 4.74 Å². The third-order valence-corrected chi connectivity index (χ3v) is 2.68. The van der Waals surface area contributed by atoms with Crippen LogP contribution < -0.4 is 10.1 Å². The van der Waals surface area contributed by atoms with E-state index in [9.17, 15) is 4.79 Å². The standard InChI is InChI=1S/C15H15N3O2/c1-11-5-3-4-6-12(11)7-8-14(19)18-13-9-16-15(20-2)17-10-13/h3-10H,1-2H3,(H,18,19)/b8-7+. The Kier molecular flexibility index (Phi) is 4.44. The van der Waals surface area contributed by atoms with Crippen molar-refractivity contribution >= 4 is 17.7 Å². The number of benzene rings is 1. The van der Waals surface area contributed by atoms with E-state index in [1.54, 1.807) is 6.08 Å². The number of ether oxygens (including phenoxy) is 1. The van der Waals surface area contributed by atoms with E-state index in [1.807, 2.05) is 31.2 Å². The summed E-state index contributed by atoms with van der Waals surface area (Å²) in [6.45, 7) is 1.99. The van der Waals surface area contributed by atoms with Crippen LogP contribution in [0.5, 0.6) is 6.01 Å². The molecule has 1 amide bonds. The molecule has 0 radical (unpaired) electrons. The second-order valence-corrected chi connectivity index (χ2v) is 4.14. The lowest BCUT2D eigenvalue weighted by Gasteiger charge is -2.02. The van der Waals surface area contributed by atoms with Crippen LogP contribution in [-0.2, 0) is 4.79 Å². The first kappa shape index (κ1) is 13.7. The molecule has 1 heterocycles. The first-order valence-electron chi connectivity index (χ1n) is 6.10. The van der Waals surface area contributed by atoms with Crippen LogP contribution in [0.15, 0.2) is 42.7 Å². The van der Waals surface area contributed by atoms with Crippen molar-refractivity contribution in [3.63, 3.8) is 0 Å². The number of hydrogen-bond donors (Lipinski definition) is 1. The predicted octanol–water partition coefficient (Wildman–Crippen LogP) is 2.45. The molecule has 2 aromatic rings. The van der Waals surface area contributed by atoms with Gasteiger partial charge in [0.25, 0.3) is 0 Å². The highest BCUT2D eigenvalue weighted by Gasteiger charge is 2.00. The van der Waals surface area contributed by atoms with Crippen LogP contribution in [0.2, 0.25) is 0 Å². The quantitative estimate of drug-likeness (QED) is 0.866. The van der Waals surface area contributed by atoms with E-state index < -0.39 is 0 Å². The van der Waals surface area contributed by atoms with Crippen molar-refractivity contribution in [3.05, 3.63) is 53.9 Å². The summed E-state index contributed by atoms with van der Waals surface area (Å²) in [5.41, 5.74) is 2.64. The monoisotopic (exact) mass is 269 g/mol. The highest BCUT2D eigenvalue weighted by molar-refractivity contribution is 6.01. The molecule has 0 fully saturated rings. The van der Waals surface area contributed by atoms with Crippen molar-refractivity contribution < 1.29 is 9.53 Å². The van der Waals surface area contributed by atoms with Crippen molar-refractivity contribution in [3.8, 4) is 6.01 Å².